The average Bonchev–Trinajstić information content (AvgIpc) is 3.26. The van der Waals surface area contributed by atoms with Gasteiger partial charge in [0.2, 0.25) is 11.7 Å². The number of nitrogens with two attached hydrogens (primary N) is 1. The third-order valence-corrected chi connectivity index (χ3v) is 5.48. The highest BCUT2D eigenvalue weighted by Crippen LogP contribution is 2.20. The Bertz CT molecular complexity index is 894. The zero-order chi connectivity index (χ0) is 20.1. The molecule has 1 aliphatic heterocycles. The number of likely N-dealkylation sites (tertiary alicyclic amines) is 1. The van der Waals surface area contributed by atoms with Crippen molar-refractivity contribution in [2.75, 3.05) is 13.2 Å². The van der Waals surface area contributed by atoms with Gasteiger partial charge in [-0.3, -0.25) is 14.4 Å². The Morgan fingerprint density at radius 1 is 1.07 bits per heavy atom. The van der Waals surface area contributed by atoms with Gasteiger partial charge in [-0.05, 0) is 36.8 Å². The van der Waals surface area contributed by atoms with E-state index in [0.717, 1.165) is 12.8 Å². The second-order valence-electron chi connectivity index (χ2n) is 6.43. The lowest BCUT2D eigenvalue weighted by molar-refractivity contribution is -0.143. The number of ether oxygens (including phenoxy) is 1. The highest BCUT2D eigenvalue weighted by atomic mass is 32.1. The van der Waals surface area contributed by atoms with Gasteiger partial charge in [0.15, 0.2) is 6.61 Å². The van der Waals surface area contributed by atoms with Crippen molar-refractivity contribution in [3.8, 4) is 0 Å². The Labute approximate surface area is 166 Å². The molecule has 0 unspecified atom stereocenters. The Hall–Kier alpha value is -3.00. The molecule has 8 heteroatoms. The van der Waals surface area contributed by atoms with Crippen molar-refractivity contribution in [2.24, 2.45) is 5.73 Å². The summed E-state index contributed by atoms with van der Waals surface area (Å²) < 4.78 is 5.15. The molecular weight excluding hydrogens is 380 g/mol. The van der Waals surface area contributed by atoms with Crippen LogP contribution in [0.25, 0.3) is 0 Å². The minimum Gasteiger partial charge on any atom is -0.452 e. The highest BCUT2D eigenvalue weighted by molar-refractivity contribution is 7.12. The molecule has 0 radical (unpaired) electrons. The normalized spacial score (nSPS) is 16.4. The molecule has 1 atom stereocenters. The number of hydrogen-bond donors (Lipinski definition) is 1. The fourth-order valence-electron chi connectivity index (χ4n) is 3.21. The fourth-order valence-corrected chi connectivity index (χ4v) is 3.89. The van der Waals surface area contributed by atoms with Crippen molar-refractivity contribution in [1.82, 2.24) is 4.90 Å². The predicted molar refractivity (Wildman–Crippen MR) is 103 cm³/mol. The first-order chi connectivity index (χ1) is 13.5. The second kappa shape index (κ2) is 8.79. The van der Waals surface area contributed by atoms with Crippen molar-refractivity contribution < 1.29 is 23.9 Å². The van der Waals surface area contributed by atoms with Crippen LogP contribution in [0.4, 0.5) is 0 Å². The largest absolute Gasteiger partial charge is 0.452 e. The summed E-state index contributed by atoms with van der Waals surface area (Å²) in [5, 5.41) is 1.78. The lowest BCUT2D eigenvalue weighted by Crippen LogP contribution is -2.51. The summed E-state index contributed by atoms with van der Waals surface area (Å²) in [7, 11) is 0. The lowest BCUT2D eigenvalue weighted by atomic mass is 10.0. The highest BCUT2D eigenvalue weighted by Gasteiger charge is 2.31. The molecule has 1 saturated heterocycles. The van der Waals surface area contributed by atoms with Gasteiger partial charge in [-0.25, -0.2) is 4.79 Å². The molecular formula is C20H20N2O5S. The van der Waals surface area contributed by atoms with Crippen molar-refractivity contribution in [2.45, 2.75) is 25.3 Å². The number of piperidine rings is 1. The molecule has 2 amide bonds. The van der Waals surface area contributed by atoms with Crippen LogP contribution in [0.2, 0.25) is 0 Å². The van der Waals surface area contributed by atoms with Gasteiger partial charge in [-0.15, -0.1) is 11.3 Å². The van der Waals surface area contributed by atoms with Gasteiger partial charge >= 0.3 is 5.97 Å². The molecule has 146 valence electrons. The van der Waals surface area contributed by atoms with Gasteiger partial charge in [-0.2, -0.15) is 0 Å². The van der Waals surface area contributed by atoms with E-state index in [1.807, 2.05) is 0 Å². The summed E-state index contributed by atoms with van der Waals surface area (Å²) in [5.41, 5.74) is 5.68. The van der Waals surface area contributed by atoms with E-state index in [1.165, 1.54) is 22.3 Å². The summed E-state index contributed by atoms with van der Waals surface area (Å²) in [6, 6.07) is 9.08. The Kier molecular flexibility index (Phi) is 6.20. The monoisotopic (exact) mass is 400 g/mol. The lowest BCUT2D eigenvalue weighted by Gasteiger charge is -2.33. The molecule has 2 N–H and O–H groups in total. The molecule has 28 heavy (non-hydrogen) atoms. The van der Waals surface area contributed by atoms with E-state index in [1.54, 1.807) is 35.7 Å². The number of primary amides is 1. The number of esters is 1. The molecule has 1 aromatic heterocycles. The molecule has 2 heterocycles. The van der Waals surface area contributed by atoms with Crippen molar-refractivity contribution in [1.29, 1.82) is 0 Å². The van der Waals surface area contributed by atoms with Gasteiger partial charge in [0.1, 0.15) is 6.04 Å². The van der Waals surface area contributed by atoms with E-state index in [9.17, 15) is 19.2 Å². The van der Waals surface area contributed by atoms with Crippen LogP contribution in [-0.4, -0.2) is 47.7 Å². The minimum absolute atomic E-state index is 0.0961. The summed E-state index contributed by atoms with van der Waals surface area (Å²) in [5.74, 6) is -2.08. The van der Waals surface area contributed by atoms with Gasteiger partial charge in [0.05, 0.1) is 10.4 Å². The third-order valence-electron chi connectivity index (χ3n) is 4.61. The summed E-state index contributed by atoms with van der Waals surface area (Å²) in [6.07, 6.45) is 2.09. The second-order valence-corrected chi connectivity index (χ2v) is 7.38. The number of hydrogen-bond acceptors (Lipinski definition) is 6. The van der Waals surface area contributed by atoms with Crippen LogP contribution in [0.15, 0.2) is 41.8 Å². The first-order valence-corrected chi connectivity index (χ1v) is 9.80. The average molecular weight is 400 g/mol. The van der Waals surface area contributed by atoms with E-state index in [-0.39, 0.29) is 16.9 Å². The molecule has 2 aromatic rings. The first-order valence-electron chi connectivity index (χ1n) is 8.92. The van der Waals surface area contributed by atoms with Crippen LogP contribution >= 0.6 is 11.3 Å². The Balaban J connectivity index is 1.69. The number of rotatable bonds is 6. The zero-order valence-corrected chi connectivity index (χ0v) is 15.9. The molecule has 0 aliphatic carbocycles. The smallest absolute Gasteiger partial charge is 0.339 e. The Morgan fingerprint density at radius 3 is 2.50 bits per heavy atom. The van der Waals surface area contributed by atoms with Crippen molar-refractivity contribution in [3.63, 3.8) is 0 Å². The van der Waals surface area contributed by atoms with Gasteiger partial charge in [0, 0.05) is 12.1 Å². The standard InChI is InChI=1S/C20H20N2O5S/c21-19(25)15-8-3-4-10-22(15)17(23)12-27-20(26)14-7-2-1-6-13(14)18(24)16-9-5-11-28-16/h1-2,5-7,9,11,15H,3-4,8,10,12H2,(H2,21,25)/t15-/m0/s1. The molecule has 0 spiro atoms. The van der Waals surface area contributed by atoms with Crippen LogP contribution in [0, 0.1) is 0 Å². The van der Waals surface area contributed by atoms with Crippen LogP contribution in [0.1, 0.15) is 44.9 Å². The summed E-state index contributed by atoms with van der Waals surface area (Å²) in [4.78, 5) is 51.0. The van der Waals surface area contributed by atoms with E-state index in [2.05, 4.69) is 0 Å². The maximum atomic E-state index is 12.6. The van der Waals surface area contributed by atoms with E-state index in [0.29, 0.717) is 17.8 Å². The molecule has 3 rings (SSSR count). The fraction of sp³-hybridized carbons (Fsp3) is 0.300. The number of thiophene rings is 1. The van der Waals surface area contributed by atoms with E-state index in [4.69, 9.17) is 10.5 Å². The topological polar surface area (TPSA) is 107 Å². The molecule has 7 nitrogen and oxygen atoms in total. The van der Waals surface area contributed by atoms with Crippen LogP contribution in [0.5, 0.6) is 0 Å². The van der Waals surface area contributed by atoms with Gasteiger partial charge in [0.25, 0.3) is 5.91 Å². The molecule has 0 bridgehead atoms. The number of ketones is 1. The maximum Gasteiger partial charge on any atom is 0.339 e. The van der Waals surface area contributed by atoms with Crippen molar-refractivity contribution >= 4 is 34.9 Å². The molecule has 1 aromatic carbocycles. The van der Waals surface area contributed by atoms with Crippen LogP contribution < -0.4 is 5.73 Å². The number of benzene rings is 1. The van der Waals surface area contributed by atoms with Gasteiger partial charge in [-0.1, -0.05) is 24.3 Å². The van der Waals surface area contributed by atoms with E-state index >= 15 is 0 Å². The number of carbonyl (C=O) groups excluding carboxylic acids is 4. The van der Waals surface area contributed by atoms with Crippen LogP contribution in [-0.2, 0) is 14.3 Å². The predicted octanol–water partition coefficient (Wildman–Crippen LogP) is 2.00. The van der Waals surface area contributed by atoms with Crippen molar-refractivity contribution in [3.05, 3.63) is 57.8 Å². The van der Waals surface area contributed by atoms with Crippen LogP contribution in [0.3, 0.4) is 0 Å². The molecule has 1 aliphatic rings. The number of amides is 2. The molecule has 1 fully saturated rings. The third kappa shape index (κ3) is 4.28. The minimum atomic E-state index is -0.763. The van der Waals surface area contributed by atoms with Gasteiger partial charge < -0.3 is 15.4 Å². The Morgan fingerprint density at radius 2 is 1.82 bits per heavy atom. The number of carbonyl (C=O) groups is 4. The zero-order valence-electron chi connectivity index (χ0n) is 15.1. The summed E-state index contributed by atoms with van der Waals surface area (Å²) in [6.45, 7) is -0.110. The first kappa shape index (κ1) is 19.8. The quantitative estimate of drug-likeness (QED) is 0.590. The number of nitrogens with zero attached hydrogens (tertiary/aromatic N) is 1. The SMILES string of the molecule is NC(=O)[C@@H]1CCCCN1C(=O)COC(=O)c1ccccc1C(=O)c1cccs1. The molecule has 0 saturated carbocycles. The van der Waals surface area contributed by atoms with E-state index < -0.39 is 30.4 Å². The summed E-state index contributed by atoms with van der Waals surface area (Å²) >= 11 is 1.28. The maximum absolute atomic E-state index is 12.6.